The summed E-state index contributed by atoms with van der Waals surface area (Å²) in [7, 11) is 3.18. The number of nitrogens with one attached hydrogen (secondary N) is 1. The molecule has 1 fully saturated rings. The lowest BCUT2D eigenvalue weighted by Crippen LogP contribution is -2.44. The van der Waals surface area contributed by atoms with Crippen molar-refractivity contribution in [1.82, 2.24) is 10.3 Å². The molecule has 0 bridgehead atoms. The molecule has 29 heavy (non-hydrogen) atoms. The lowest BCUT2D eigenvalue weighted by Gasteiger charge is -2.36. The average molecular weight is 398 g/mol. The third kappa shape index (κ3) is 5.04. The number of esters is 1. The Morgan fingerprint density at radius 1 is 1.03 bits per heavy atom. The molecule has 1 aromatic carbocycles. The fourth-order valence-corrected chi connectivity index (χ4v) is 3.85. The van der Waals surface area contributed by atoms with Gasteiger partial charge in [0.2, 0.25) is 0 Å². The minimum absolute atomic E-state index is 0.0290. The molecule has 0 saturated heterocycles. The Kier molecular flexibility index (Phi) is 6.69. The molecule has 1 aliphatic carbocycles. The fourth-order valence-electron chi connectivity index (χ4n) is 3.85. The van der Waals surface area contributed by atoms with Crippen molar-refractivity contribution in [3.8, 4) is 11.5 Å². The van der Waals surface area contributed by atoms with Gasteiger partial charge in [-0.15, -0.1) is 0 Å². The van der Waals surface area contributed by atoms with E-state index in [-0.39, 0.29) is 29.9 Å². The zero-order valence-corrected chi connectivity index (χ0v) is 16.9. The van der Waals surface area contributed by atoms with Crippen LogP contribution in [0.25, 0.3) is 0 Å². The van der Waals surface area contributed by atoms with E-state index in [0.29, 0.717) is 36.3 Å². The Hall–Kier alpha value is -3.09. The molecule has 1 saturated carbocycles. The van der Waals surface area contributed by atoms with Crippen molar-refractivity contribution < 1.29 is 23.8 Å². The Bertz CT molecular complexity index is 856. The lowest BCUT2D eigenvalue weighted by molar-refractivity contribution is -0.148. The molecule has 7 nitrogen and oxygen atoms in total. The molecule has 3 atom stereocenters. The van der Waals surface area contributed by atoms with Crippen LogP contribution < -0.4 is 14.8 Å². The van der Waals surface area contributed by atoms with E-state index < -0.39 is 0 Å². The SMILES string of the molecule is COc1ccc(C2CC(OC(C)=O)CCC2NC(=O)c2ccncc2)cc1OC. The van der Waals surface area contributed by atoms with Crippen molar-refractivity contribution in [2.24, 2.45) is 0 Å². The Labute approximate surface area is 170 Å². The molecule has 0 radical (unpaired) electrons. The molecule has 1 amide bonds. The van der Waals surface area contributed by atoms with Crippen LogP contribution in [0.3, 0.4) is 0 Å². The van der Waals surface area contributed by atoms with Gasteiger partial charge in [0.25, 0.3) is 5.91 Å². The minimum Gasteiger partial charge on any atom is -0.493 e. The number of ether oxygens (including phenoxy) is 3. The molecule has 1 heterocycles. The highest BCUT2D eigenvalue weighted by Crippen LogP contribution is 2.38. The summed E-state index contributed by atoms with van der Waals surface area (Å²) >= 11 is 0. The van der Waals surface area contributed by atoms with E-state index in [1.807, 2.05) is 18.2 Å². The van der Waals surface area contributed by atoms with Gasteiger partial charge in [-0.3, -0.25) is 14.6 Å². The van der Waals surface area contributed by atoms with Crippen LogP contribution in [0.15, 0.2) is 42.7 Å². The van der Waals surface area contributed by atoms with Gasteiger partial charge in [0, 0.05) is 36.8 Å². The summed E-state index contributed by atoms with van der Waals surface area (Å²) in [5.74, 6) is 0.799. The highest BCUT2D eigenvalue weighted by molar-refractivity contribution is 5.94. The van der Waals surface area contributed by atoms with Crippen molar-refractivity contribution in [3.63, 3.8) is 0 Å². The van der Waals surface area contributed by atoms with E-state index in [4.69, 9.17) is 14.2 Å². The summed E-state index contributed by atoms with van der Waals surface area (Å²) in [5.41, 5.74) is 1.56. The van der Waals surface area contributed by atoms with Crippen molar-refractivity contribution in [1.29, 1.82) is 0 Å². The number of hydrogen-bond donors (Lipinski definition) is 1. The van der Waals surface area contributed by atoms with Gasteiger partial charge in [0.15, 0.2) is 11.5 Å². The van der Waals surface area contributed by atoms with Crippen molar-refractivity contribution in [2.45, 2.75) is 44.2 Å². The number of carbonyl (C=O) groups excluding carboxylic acids is 2. The van der Waals surface area contributed by atoms with E-state index in [1.165, 1.54) is 6.92 Å². The first kappa shape index (κ1) is 20.6. The first-order valence-electron chi connectivity index (χ1n) is 9.61. The summed E-state index contributed by atoms with van der Waals surface area (Å²) < 4.78 is 16.2. The quantitative estimate of drug-likeness (QED) is 0.753. The van der Waals surface area contributed by atoms with Crippen molar-refractivity contribution >= 4 is 11.9 Å². The molecular formula is C22H26N2O5. The Morgan fingerprint density at radius 3 is 2.41 bits per heavy atom. The van der Waals surface area contributed by atoms with E-state index in [1.54, 1.807) is 38.7 Å². The van der Waals surface area contributed by atoms with Crippen LogP contribution in [-0.4, -0.2) is 43.2 Å². The highest BCUT2D eigenvalue weighted by atomic mass is 16.5. The molecule has 3 unspecified atom stereocenters. The van der Waals surface area contributed by atoms with Crippen molar-refractivity contribution in [2.75, 3.05) is 14.2 Å². The number of hydrogen-bond acceptors (Lipinski definition) is 6. The highest BCUT2D eigenvalue weighted by Gasteiger charge is 2.34. The maximum Gasteiger partial charge on any atom is 0.302 e. The molecule has 0 aliphatic heterocycles. The van der Waals surface area contributed by atoms with E-state index in [2.05, 4.69) is 10.3 Å². The fraction of sp³-hybridized carbons (Fsp3) is 0.409. The Morgan fingerprint density at radius 2 is 1.76 bits per heavy atom. The minimum atomic E-state index is -0.291. The zero-order chi connectivity index (χ0) is 20.8. The molecule has 1 aromatic heterocycles. The maximum absolute atomic E-state index is 12.7. The van der Waals surface area contributed by atoms with Gasteiger partial charge in [-0.05, 0) is 49.1 Å². The third-order valence-corrected chi connectivity index (χ3v) is 5.23. The summed E-state index contributed by atoms with van der Waals surface area (Å²) in [6.45, 7) is 1.42. The number of aromatic nitrogens is 1. The van der Waals surface area contributed by atoms with Crippen LogP contribution in [-0.2, 0) is 9.53 Å². The normalized spacial score (nSPS) is 21.1. The molecule has 3 rings (SSSR count). The van der Waals surface area contributed by atoms with Gasteiger partial charge in [-0.1, -0.05) is 6.07 Å². The maximum atomic E-state index is 12.7. The summed E-state index contributed by atoms with van der Waals surface area (Å²) in [5, 5.41) is 3.14. The molecular weight excluding hydrogens is 372 g/mol. The van der Waals surface area contributed by atoms with Gasteiger partial charge in [-0.25, -0.2) is 0 Å². The summed E-state index contributed by atoms with van der Waals surface area (Å²) in [6, 6.07) is 9.02. The molecule has 0 spiro atoms. The standard InChI is InChI=1S/C22H26N2O5/c1-14(25)29-17-5-6-19(24-22(26)15-8-10-23-11-9-15)18(13-17)16-4-7-20(27-2)21(12-16)28-3/h4,7-12,17-19H,5-6,13H2,1-3H3,(H,24,26). The van der Waals surface area contributed by atoms with Crippen LogP contribution >= 0.6 is 0 Å². The molecule has 2 aromatic rings. The molecule has 154 valence electrons. The summed E-state index contributed by atoms with van der Waals surface area (Å²) in [6.07, 6.45) is 5.03. The monoisotopic (exact) mass is 398 g/mol. The van der Waals surface area contributed by atoms with Gasteiger partial charge in [-0.2, -0.15) is 0 Å². The third-order valence-electron chi connectivity index (χ3n) is 5.23. The second-order valence-electron chi connectivity index (χ2n) is 7.08. The first-order valence-corrected chi connectivity index (χ1v) is 9.61. The zero-order valence-electron chi connectivity index (χ0n) is 16.9. The van der Waals surface area contributed by atoms with Crippen LogP contribution in [0.4, 0.5) is 0 Å². The van der Waals surface area contributed by atoms with Gasteiger partial charge < -0.3 is 19.5 Å². The van der Waals surface area contributed by atoms with Crippen LogP contribution in [0.1, 0.15) is 48.0 Å². The number of rotatable bonds is 6. The second kappa shape index (κ2) is 9.41. The van der Waals surface area contributed by atoms with Crippen LogP contribution in [0.2, 0.25) is 0 Å². The Balaban J connectivity index is 1.86. The number of nitrogens with zero attached hydrogens (tertiary/aromatic N) is 1. The largest absolute Gasteiger partial charge is 0.493 e. The van der Waals surface area contributed by atoms with Gasteiger partial charge >= 0.3 is 5.97 Å². The second-order valence-corrected chi connectivity index (χ2v) is 7.08. The van der Waals surface area contributed by atoms with Crippen LogP contribution in [0.5, 0.6) is 11.5 Å². The molecule has 7 heteroatoms. The number of carbonyl (C=O) groups is 2. The van der Waals surface area contributed by atoms with Crippen LogP contribution in [0, 0.1) is 0 Å². The van der Waals surface area contributed by atoms with Gasteiger partial charge in [0.05, 0.1) is 14.2 Å². The number of amides is 1. The molecule has 1 aliphatic rings. The van der Waals surface area contributed by atoms with Gasteiger partial charge in [0.1, 0.15) is 6.10 Å². The number of benzene rings is 1. The average Bonchev–Trinajstić information content (AvgIpc) is 2.74. The number of pyridine rings is 1. The topological polar surface area (TPSA) is 86.8 Å². The first-order chi connectivity index (χ1) is 14.0. The lowest BCUT2D eigenvalue weighted by atomic mass is 9.78. The smallest absolute Gasteiger partial charge is 0.302 e. The predicted molar refractivity (Wildman–Crippen MR) is 107 cm³/mol. The van der Waals surface area contributed by atoms with E-state index in [9.17, 15) is 9.59 Å². The predicted octanol–water partition coefficient (Wildman–Crippen LogP) is 3.10. The number of methoxy groups -OCH3 is 2. The van der Waals surface area contributed by atoms with E-state index >= 15 is 0 Å². The van der Waals surface area contributed by atoms with E-state index in [0.717, 1.165) is 5.56 Å². The summed E-state index contributed by atoms with van der Waals surface area (Å²) in [4.78, 5) is 28.1. The van der Waals surface area contributed by atoms with Crippen molar-refractivity contribution in [3.05, 3.63) is 53.9 Å². The molecule has 1 N–H and O–H groups in total.